The van der Waals surface area contributed by atoms with Gasteiger partial charge in [0.25, 0.3) is 0 Å². The molecule has 0 atom stereocenters. The van der Waals surface area contributed by atoms with Crippen molar-refractivity contribution in [1.82, 2.24) is 9.61 Å². The molecule has 0 bridgehead atoms. The van der Waals surface area contributed by atoms with E-state index >= 15 is 0 Å². The third kappa shape index (κ3) is 1.64. The third-order valence-corrected chi connectivity index (χ3v) is 1.85. The Morgan fingerprint density at radius 1 is 1.31 bits per heavy atom. The van der Waals surface area contributed by atoms with Crippen molar-refractivity contribution in [2.24, 2.45) is 0 Å². The number of aromatic nitrogens is 2. The van der Waals surface area contributed by atoms with E-state index in [-0.39, 0.29) is 0 Å². The first-order valence-corrected chi connectivity index (χ1v) is 4.45. The largest absolute Gasteiger partial charge is 0.382 e. The molecule has 13 heavy (non-hydrogen) atoms. The van der Waals surface area contributed by atoms with Gasteiger partial charge in [-0.2, -0.15) is 5.10 Å². The number of hydrogen-bond donors (Lipinski definition) is 1. The van der Waals surface area contributed by atoms with Gasteiger partial charge < -0.3 is 5.32 Å². The maximum atomic E-state index is 4.16. The molecule has 3 heteroatoms. The SMILES string of the molecule is CC(C)Nc1ccc2ccnn2c1. The molecule has 0 aliphatic rings. The van der Waals surface area contributed by atoms with E-state index in [0.29, 0.717) is 6.04 Å². The normalized spacial score (nSPS) is 11.0. The Morgan fingerprint density at radius 2 is 2.15 bits per heavy atom. The Bertz CT molecular complexity index is 403. The number of nitrogens with one attached hydrogen (secondary N) is 1. The molecule has 2 rings (SSSR count). The van der Waals surface area contributed by atoms with Gasteiger partial charge in [0, 0.05) is 12.2 Å². The molecule has 0 amide bonds. The van der Waals surface area contributed by atoms with Crippen LogP contribution in [-0.4, -0.2) is 15.7 Å². The van der Waals surface area contributed by atoms with Crippen molar-refractivity contribution in [2.45, 2.75) is 19.9 Å². The van der Waals surface area contributed by atoms with Crippen molar-refractivity contribution in [3.63, 3.8) is 0 Å². The van der Waals surface area contributed by atoms with Gasteiger partial charge >= 0.3 is 0 Å². The van der Waals surface area contributed by atoms with Gasteiger partial charge in [-0.1, -0.05) is 0 Å². The third-order valence-electron chi connectivity index (χ3n) is 1.85. The average molecular weight is 175 g/mol. The molecule has 0 unspecified atom stereocenters. The van der Waals surface area contributed by atoms with Gasteiger partial charge in [0.05, 0.1) is 17.4 Å². The number of rotatable bonds is 2. The van der Waals surface area contributed by atoms with Crippen molar-refractivity contribution >= 4 is 11.2 Å². The summed E-state index contributed by atoms with van der Waals surface area (Å²) in [6.07, 6.45) is 3.80. The monoisotopic (exact) mass is 175 g/mol. The summed E-state index contributed by atoms with van der Waals surface area (Å²) in [6, 6.07) is 6.56. The lowest BCUT2D eigenvalue weighted by Gasteiger charge is -2.09. The van der Waals surface area contributed by atoms with Crippen LogP contribution in [0.5, 0.6) is 0 Å². The fourth-order valence-electron chi connectivity index (χ4n) is 1.33. The number of nitrogens with zero attached hydrogens (tertiary/aromatic N) is 2. The first kappa shape index (κ1) is 8.10. The van der Waals surface area contributed by atoms with Gasteiger partial charge in [0.15, 0.2) is 0 Å². The molecule has 2 aromatic rings. The fourth-order valence-corrected chi connectivity index (χ4v) is 1.33. The predicted molar refractivity (Wildman–Crippen MR) is 54.0 cm³/mol. The van der Waals surface area contributed by atoms with E-state index in [4.69, 9.17) is 0 Å². The molecule has 1 N–H and O–H groups in total. The van der Waals surface area contributed by atoms with Gasteiger partial charge in [-0.15, -0.1) is 0 Å². The van der Waals surface area contributed by atoms with Crippen LogP contribution in [-0.2, 0) is 0 Å². The zero-order chi connectivity index (χ0) is 9.26. The molecule has 0 aliphatic carbocycles. The van der Waals surface area contributed by atoms with Crippen molar-refractivity contribution in [2.75, 3.05) is 5.32 Å². The summed E-state index contributed by atoms with van der Waals surface area (Å²) >= 11 is 0. The number of hydrogen-bond acceptors (Lipinski definition) is 2. The van der Waals surface area contributed by atoms with Crippen LogP contribution in [0.25, 0.3) is 5.52 Å². The van der Waals surface area contributed by atoms with Crippen LogP contribution in [0.2, 0.25) is 0 Å². The molecule has 0 spiro atoms. The van der Waals surface area contributed by atoms with E-state index < -0.39 is 0 Å². The van der Waals surface area contributed by atoms with E-state index in [2.05, 4.69) is 36.4 Å². The lowest BCUT2D eigenvalue weighted by atomic mass is 10.3. The molecular formula is C10H13N3. The van der Waals surface area contributed by atoms with Crippen LogP contribution < -0.4 is 5.32 Å². The second-order valence-electron chi connectivity index (χ2n) is 3.42. The Kier molecular flexibility index (Phi) is 1.93. The Morgan fingerprint density at radius 3 is 2.92 bits per heavy atom. The van der Waals surface area contributed by atoms with Crippen molar-refractivity contribution in [1.29, 1.82) is 0 Å². The summed E-state index contributed by atoms with van der Waals surface area (Å²) in [5, 5.41) is 7.49. The lowest BCUT2D eigenvalue weighted by molar-refractivity contribution is 0.888. The van der Waals surface area contributed by atoms with E-state index in [1.54, 1.807) is 6.20 Å². The highest BCUT2D eigenvalue weighted by molar-refractivity contribution is 5.53. The van der Waals surface area contributed by atoms with Gasteiger partial charge in [-0.3, -0.25) is 0 Å². The maximum absolute atomic E-state index is 4.16. The molecule has 68 valence electrons. The van der Waals surface area contributed by atoms with E-state index in [9.17, 15) is 0 Å². The quantitative estimate of drug-likeness (QED) is 0.757. The molecule has 0 saturated heterocycles. The maximum Gasteiger partial charge on any atom is 0.0663 e. The second kappa shape index (κ2) is 3.09. The molecular weight excluding hydrogens is 162 g/mol. The highest BCUT2D eigenvalue weighted by atomic mass is 15.2. The summed E-state index contributed by atoms with van der Waals surface area (Å²) in [5.74, 6) is 0. The summed E-state index contributed by atoms with van der Waals surface area (Å²) in [5.41, 5.74) is 2.22. The number of pyridine rings is 1. The van der Waals surface area contributed by atoms with Gasteiger partial charge in [-0.25, -0.2) is 4.52 Å². The molecule has 2 aromatic heterocycles. The standard InChI is InChI=1S/C10H13N3/c1-8(2)12-9-3-4-10-5-6-11-13(10)7-9/h3-8,12H,1-2H3. The summed E-state index contributed by atoms with van der Waals surface area (Å²) in [6.45, 7) is 4.24. The van der Waals surface area contributed by atoms with Crippen LogP contribution in [0, 0.1) is 0 Å². The average Bonchev–Trinajstić information content (AvgIpc) is 2.49. The molecule has 2 heterocycles. The highest BCUT2D eigenvalue weighted by Gasteiger charge is 1.97. The Hall–Kier alpha value is -1.51. The first-order chi connectivity index (χ1) is 6.25. The van der Waals surface area contributed by atoms with Crippen LogP contribution in [0.4, 0.5) is 5.69 Å². The van der Waals surface area contributed by atoms with Gasteiger partial charge in [-0.05, 0) is 32.0 Å². The minimum atomic E-state index is 0.452. The minimum absolute atomic E-state index is 0.452. The molecule has 0 saturated carbocycles. The zero-order valence-corrected chi connectivity index (χ0v) is 7.86. The lowest BCUT2D eigenvalue weighted by Crippen LogP contribution is -2.10. The van der Waals surface area contributed by atoms with E-state index in [0.717, 1.165) is 11.2 Å². The van der Waals surface area contributed by atoms with E-state index in [1.165, 1.54) is 0 Å². The first-order valence-electron chi connectivity index (χ1n) is 4.45. The van der Waals surface area contributed by atoms with Gasteiger partial charge in [0.1, 0.15) is 0 Å². The molecule has 0 fully saturated rings. The number of fused-ring (bicyclic) bond motifs is 1. The summed E-state index contributed by atoms with van der Waals surface area (Å²) < 4.78 is 1.87. The van der Waals surface area contributed by atoms with Crippen LogP contribution in [0.15, 0.2) is 30.6 Å². The van der Waals surface area contributed by atoms with Crippen LogP contribution >= 0.6 is 0 Å². The fraction of sp³-hybridized carbons (Fsp3) is 0.300. The zero-order valence-electron chi connectivity index (χ0n) is 7.86. The smallest absolute Gasteiger partial charge is 0.0663 e. The second-order valence-corrected chi connectivity index (χ2v) is 3.42. The summed E-state index contributed by atoms with van der Waals surface area (Å²) in [7, 11) is 0. The molecule has 0 aromatic carbocycles. The van der Waals surface area contributed by atoms with E-state index in [1.807, 2.05) is 16.8 Å². The van der Waals surface area contributed by atoms with Crippen molar-refractivity contribution in [3.8, 4) is 0 Å². The van der Waals surface area contributed by atoms with Crippen LogP contribution in [0.1, 0.15) is 13.8 Å². The van der Waals surface area contributed by atoms with Gasteiger partial charge in [0.2, 0.25) is 0 Å². The van der Waals surface area contributed by atoms with Crippen LogP contribution in [0.3, 0.4) is 0 Å². The number of anilines is 1. The van der Waals surface area contributed by atoms with Crippen molar-refractivity contribution in [3.05, 3.63) is 30.6 Å². The van der Waals surface area contributed by atoms with Crippen molar-refractivity contribution < 1.29 is 0 Å². The molecule has 0 radical (unpaired) electrons. The molecule has 3 nitrogen and oxygen atoms in total. The molecule has 0 aliphatic heterocycles. The highest BCUT2D eigenvalue weighted by Crippen LogP contribution is 2.10. The summed E-state index contributed by atoms with van der Waals surface area (Å²) in [4.78, 5) is 0. The predicted octanol–water partition coefficient (Wildman–Crippen LogP) is 2.15. The Labute approximate surface area is 77.4 Å². The topological polar surface area (TPSA) is 29.3 Å². The Balaban J connectivity index is 2.37. The minimum Gasteiger partial charge on any atom is -0.382 e.